The van der Waals surface area contributed by atoms with Gasteiger partial charge in [-0.15, -0.1) is 0 Å². The van der Waals surface area contributed by atoms with E-state index in [1.165, 1.54) is 7.11 Å². The molecule has 0 unspecified atom stereocenters. The number of nitrogens with one attached hydrogen (secondary N) is 1. The van der Waals surface area contributed by atoms with Gasteiger partial charge in [0.25, 0.3) is 0 Å². The highest BCUT2D eigenvalue weighted by Crippen LogP contribution is 1.77. The Labute approximate surface area is 88.9 Å². The Balaban J connectivity index is 3.04. The van der Waals surface area contributed by atoms with Crippen molar-refractivity contribution in [1.29, 1.82) is 0 Å². The summed E-state index contributed by atoms with van der Waals surface area (Å²) in [7, 11) is 1.46. The van der Waals surface area contributed by atoms with Gasteiger partial charge in [0.1, 0.15) is 19.5 Å². The number of rotatable bonds is 10. The van der Waals surface area contributed by atoms with Crippen LogP contribution in [0.2, 0.25) is 0 Å². The van der Waals surface area contributed by atoms with Crippen LogP contribution in [0.25, 0.3) is 0 Å². The summed E-state index contributed by atoms with van der Waals surface area (Å²) < 4.78 is 14.6. The maximum Gasteiger partial charge on any atom is 0.246 e. The van der Waals surface area contributed by atoms with Crippen molar-refractivity contribution >= 4 is 12.2 Å². The lowest BCUT2D eigenvalue weighted by Crippen LogP contribution is -2.30. The molecule has 1 amide bonds. The van der Waals surface area contributed by atoms with Gasteiger partial charge < -0.3 is 24.3 Å². The molecule has 15 heavy (non-hydrogen) atoms. The molecule has 0 aromatic carbocycles. The topological polar surface area (TPSA) is 73.9 Å². The Morgan fingerprint density at radius 3 is 2.67 bits per heavy atom. The minimum absolute atomic E-state index is 0.0580. The van der Waals surface area contributed by atoms with E-state index in [1.807, 2.05) is 0 Å². The molecule has 0 saturated heterocycles. The summed E-state index contributed by atoms with van der Waals surface area (Å²) in [6.45, 7) is 1.80. The first kappa shape index (κ1) is 14.0. The molecule has 0 spiro atoms. The van der Waals surface area contributed by atoms with Gasteiger partial charge in [-0.05, 0) is 0 Å². The van der Waals surface area contributed by atoms with Gasteiger partial charge in [0.2, 0.25) is 5.91 Å². The minimum atomic E-state index is -0.168. The summed E-state index contributed by atoms with van der Waals surface area (Å²) >= 11 is 0. The lowest BCUT2D eigenvalue weighted by molar-refractivity contribution is -0.125. The van der Waals surface area contributed by atoms with Gasteiger partial charge in [0.05, 0.1) is 19.8 Å². The second-order valence-electron chi connectivity index (χ2n) is 2.64. The summed E-state index contributed by atoms with van der Waals surface area (Å²) in [6.07, 6.45) is 0.685. The number of amides is 1. The summed E-state index contributed by atoms with van der Waals surface area (Å²) in [5.41, 5.74) is 0. The van der Waals surface area contributed by atoms with Crippen LogP contribution in [0.4, 0.5) is 0 Å². The normalized spacial score (nSPS) is 9.93. The predicted octanol–water partition coefficient (Wildman–Crippen LogP) is -1.02. The smallest absolute Gasteiger partial charge is 0.246 e. The van der Waals surface area contributed by atoms with Crippen LogP contribution in [-0.4, -0.2) is 58.9 Å². The van der Waals surface area contributed by atoms with Crippen molar-refractivity contribution in [2.45, 2.75) is 0 Å². The average Bonchev–Trinajstić information content (AvgIpc) is 2.22. The zero-order valence-corrected chi connectivity index (χ0v) is 8.86. The fourth-order valence-corrected chi connectivity index (χ4v) is 0.796. The van der Waals surface area contributed by atoms with Gasteiger partial charge in [-0.2, -0.15) is 0 Å². The van der Waals surface area contributed by atoms with Gasteiger partial charge in [-0.25, -0.2) is 0 Å². The van der Waals surface area contributed by atoms with Crippen LogP contribution >= 0.6 is 0 Å². The molecule has 0 rings (SSSR count). The Bertz CT molecular complexity index is 174. The third-order valence-electron chi connectivity index (χ3n) is 1.40. The number of aldehydes is 1. The van der Waals surface area contributed by atoms with E-state index in [2.05, 4.69) is 10.1 Å². The van der Waals surface area contributed by atoms with Crippen molar-refractivity contribution in [2.24, 2.45) is 0 Å². The maximum absolute atomic E-state index is 10.9. The molecule has 0 aromatic heterocycles. The highest BCUT2D eigenvalue weighted by Gasteiger charge is 1.97. The highest BCUT2D eigenvalue weighted by atomic mass is 16.5. The first-order valence-corrected chi connectivity index (χ1v) is 4.66. The molecule has 0 aliphatic heterocycles. The van der Waals surface area contributed by atoms with E-state index in [4.69, 9.17) is 9.47 Å². The number of hydrogen-bond donors (Lipinski definition) is 1. The monoisotopic (exact) mass is 219 g/mol. The number of methoxy groups -OCH3 is 1. The standard InChI is InChI=1S/C9H17NO5/c1-13-8-9(12)10-2-4-14-6-7-15-5-3-11/h3H,2,4-8H2,1H3,(H,10,12). The van der Waals surface area contributed by atoms with E-state index in [9.17, 15) is 9.59 Å². The number of carbonyl (C=O) groups excluding carboxylic acids is 2. The van der Waals surface area contributed by atoms with Gasteiger partial charge in [-0.3, -0.25) is 4.79 Å². The molecule has 1 N–H and O–H groups in total. The van der Waals surface area contributed by atoms with Gasteiger partial charge in [0.15, 0.2) is 0 Å². The van der Waals surface area contributed by atoms with Crippen LogP contribution in [0.1, 0.15) is 0 Å². The second kappa shape index (κ2) is 11.1. The van der Waals surface area contributed by atoms with Crippen molar-refractivity contribution in [3.8, 4) is 0 Å². The van der Waals surface area contributed by atoms with Gasteiger partial charge >= 0.3 is 0 Å². The van der Waals surface area contributed by atoms with Crippen molar-refractivity contribution in [2.75, 3.05) is 46.7 Å². The molecule has 0 aliphatic carbocycles. The average molecular weight is 219 g/mol. The van der Waals surface area contributed by atoms with Crippen molar-refractivity contribution in [3.05, 3.63) is 0 Å². The third-order valence-corrected chi connectivity index (χ3v) is 1.40. The Morgan fingerprint density at radius 2 is 2.00 bits per heavy atom. The molecule has 88 valence electrons. The quantitative estimate of drug-likeness (QED) is 0.376. The molecule has 0 aromatic rings. The molecular formula is C9H17NO5. The van der Waals surface area contributed by atoms with Crippen LogP contribution in [0.3, 0.4) is 0 Å². The fourth-order valence-electron chi connectivity index (χ4n) is 0.796. The van der Waals surface area contributed by atoms with Crippen LogP contribution in [0.15, 0.2) is 0 Å². The maximum atomic E-state index is 10.9. The SMILES string of the molecule is COCC(=O)NCCOCCOCC=O. The van der Waals surface area contributed by atoms with Gasteiger partial charge in [0, 0.05) is 13.7 Å². The summed E-state index contributed by atoms with van der Waals surface area (Å²) in [4.78, 5) is 20.7. The first-order chi connectivity index (χ1) is 7.31. The van der Waals surface area contributed by atoms with Crippen molar-refractivity contribution in [1.82, 2.24) is 5.32 Å². The molecule has 0 saturated carbocycles. The largest absolute Gasteiger partial charge is 0.377 e. The number of ether oxygens (including phenoxy) is 3. The molecule has 6 heteroatoms. The second-order valence-corrected chi connectivity index (χ2v) is 2.64. The third kappa shape index (κ3) is 10.9. The van der Waals surface area contributed by atoms with Crippen molar-refractivity contribution < 1.29 is 23.8 Å². The molecular weight excluding hydrogens is 202 g/mol. The molecule has 0 radical (unpaired) electrons. The lowest BCUT2D eigenvalue weighted by atomic mass is 10.6. The van der Waals surface area contributed by atoms with Gasteiger partial charge in [-0.1, -0.05) is 0 Å². The van der Waals surface area contributed by atoms with Crippen LogP contribution in [0, 0.1) is 0 Å². The van der Waals surface area contributed by atoms with Crippen LogP contribution < -0.4 is 5.32 Å². The summed E-state index contributed by atoms with van der Waals surface area (Å²) in [5.74, 6) is -0.168. The van der Waals surface area contributed by atoms with E-state index in [0.717, 1.165) is 0 Å². The molecule has 0 fully saturated rings. The lowest BCUT2D eigenvalue weighted by Gasteiger charge is -2.05. The van der Waals surface area contributed by atoms with E-state index >= 15 is 0 Å². The van der Waals surface area contributed by atoms with E-state index in [-0.39, 0.29) is 19.1 Å². The Morgan fingerprint density at radius 1 is 1.27 bits per heavy atom. The highest BCUT2D eigenvalue weighted by molar-refractivity contribution is 5.77. The van der Waals surface area contributed by atoms with E-state index in [0.29, 0.717) is 32.7 Å². The van der Waals surface area contributed by atoms with E-state index in [1.54, 1.807) is 0 Å². The van der Waals surface area contributed by atoms with Crippen LogP contribution in [0.5, 0.6) is 0 Å². The molecule has 0 bridgehead atoms. The summed E-state index contributed by atoms with van der Waals surface area (Å²) in [6, 6.07) is 0. The molecule has 0 atom stereocenters. The summed E-state index contributed by atoms with van der Waals surface area (Å²) in [5, 5.41) is 2.60. The number of carbonyl (C=O) groups is 2. The van der Waals surface area contributed by atoms with Crippen molar-refractivity contribution in [3.63, 3.8) is 0 Å². The van der Waals surface area contributed by atoms with Crippen LogP contribution in [-0.2, 0) is 23.8 Å². The van der Waals surface area contributed by atoms with E-state index < -0.39 is 0 Å². The molecule has 0 aliphatic rings. The zero-order chi connectivity index (χ0) is 11.4. The Hall–Kier alpha value is -0.980. The first-order valence-electron chi connectivity index (χ1n) is 4.66. The minimum Gasteiger partial charge on any atom is -0.377 e. The molecule has 6 nitrogen and oxygen atoms in total. The fraction of sp³-hybridized carbons (Fsp3) is 0.778. The predicted molar refractivity (Wildman–Crippen MR) is 52.6 cm³/mol. The zero-order valence-electron chi connectivity index (χ0n) is 8.86. The Kier molecular flexibility index (Phi) is 10.4. The number of hydrogen-bond acceptors (Lipinski definition) is 5. The molecule has 0 heterocycles.